The number of benzene rings is 1. The number of carbonyl (C=O) groups excluding carboxylic acids is 1. The lowest BCUT2D eigenvalue weighted by Crippen LogP contribution is -2.41. The number of aryl methyl sites for hydroxylation is 1. The number of piperidine rings is 1. The smallest absolute Gasteiger partial charge is 0.339 e. The van der Waals surface area contributed by atoms with Gasteiger partial charge in [-0.3, -0.25) is 4.79 Å². The molecule has 7 heteroatoms. The van der Waals surface area contributed by atoms with Gasteiger partial charge in [-0.15, -0.1) is 0 Å². The number of amides is 1. The molecule has 0 radical (unpaired) electrons. The van der Waals surface area contributed by atoms with Gasteiger partial charge in [0.2, 0.25) is 0 Å². The van der Waals surface area contributed by atoms with Gasteiger partial charge in [0.1, 0.15) is 29.1 Å². The summed E-state index contributed by atoms with van der Waals surface area (Å²) in [6.07, 6.45) is 1.33. The fraction of sp³-hybridized carbons (Fsp3) is 0.400. The molecule has 2 aromatic rings. The summed E-state index contributed by atoms with van der Waals surface area (Å²) in [4.78, 5) is 26.0. The van der Waals surface area contributed by atoms with E-state index in [1.165, 1.54) is 6.07 Å². The SMILES string of the molecule is COc1cc(OC)cc(C(=O)N2CCC(Oc3cc(C)oc(=O)c3)CC2)c1. The number of hydrogen-bond acceptors (Lipinski definition) is 6. The van der Waals surface area contributed by atoms with E-state index in [2.05, 4.69) is 0 Å². The number of ether oxygens (including phenoxy) is 3. The van der Waals surface area contributed by atoms with Crippen LogP contribution in [0.25, 0.3) is 0 Å². The van der Waals surface area contributed by atoms with Gasteiger partial charge < -0.3 is 23.5 Å². The maximum absolute atomic E-state index is 12.8. The normalized spacial score (nSPS) is 14.7. The molecule has 1 aromatic carbocycles. The molecule has 1 aliphatic rings. The van der Waals surface area contributed by atoms with E-state index in [-0.39, 0.29) is 12.0 Å². The Balaban J connectivity index is 1.63. The number of nitrogens with zero attached hydrogens (tertiary/aromatic N) is 1. The number of carbonyl (C=O) groups is 1. The molecule has 1 aromatic heterocycles. The lowest BCUT2D eigenvalue weighted by atomic mass is 10.1. The number of methoxy groups -OCH3 is 2. The van der Waals surface area contributed by atoms with E-state index in [0.717, 1.165) is 0 Å². The van der Waals surface area contributed by atoms with Gasteiger partial charge >= 0.3 is 5.63 Å². The molecule has 0 saturated carbocycles. The first kappa shape index (κ1) is 18.8. The molecule has 2 heterocycles. The van der Waals surface area contributed by atoms with E-state index in [9.17, 15) is 9.59 Å². The fourth-order valence-corrected chi connectivity index (χ4v) is 3.13. The highest BCUT2D eigenvalue weighted by molar-refractivity contribution is 5.95. The van der Waals surface area contributed by atoms with E-state index < -0.39 is 5.63 Å². The number of likely N-dealkylation sites (tertiary alicyclic amines) is 1. The van der Waals surface area contributed by atoms with Crippen LogP contribution < -0.4 is 19.8 Å². The molecule has 1 saturated heterocycles. The highest BCUT2D eigenvalue weighted by atomic mass is 16.5. The van der Waals surface area contributed by atoms with Gasteiger partial charge in [0.15, 0.2) is 0 Å². The predicted molar refractivity (Wildman–Crippen MR) is 98.8 cm³/mol. The molecule has 3 rings (SSSR count). The van der Waals surface area contributed by atoms with Crippen LogP contribution in [0.3, 0.4) is 0 Å². The Morgan fingerprint density at radius 3 is 2.19 bits per heavy atom. The van der Waals surface area contributed by atoms with Crippen molar-refractivity contribution in [2.75, 3.05) is 27.3 Å². The van der Waals surface area contributed by atoms with Gasteiger partial charge in [0, 0.05) is 43.6 Å². The molecule has 0 atom stereocenters. The fourth-order valence-electron chi connectivity index (χ4n) is 3.13. The van der Waals surface area contributed by atoms with Crippen LogP contribution in [0.1, 0.15) is 29.0 Å². The number of hydrogen-bond donors (Lipinski definition) is 0. The van der Waals surface area contributed by atoms with Crippen molar-refractivity contribution in [3.8, 4) is 17.2 Å². The Labute approximate surface area is 157 Å². The Morgan fingerprint density at radius 1 is 1.00 bits per heavy atom. The molecular weight excluding hydrogens is 350 g/mol. The van der Waals surface area contributed by atoms with Crippen LogP contribution in [0.5, 0.6) is 17.2 Å². The summed E-state index contributed by atoms with van der Waals surface area (Å²) in [5, 5.41) is 0. The van der Waals surface area contributed by atoms with Crippen LogP contribution in [0, 0.1) is 6.92 Å². The highest BCUT2D eigenvalue weighted by Crippen LogP contribution is 2.25. The first-order valence-corrected chi connectivity index (χ1v) is 8.79. The Bertz CT molecular complexity index is 845. The summed E-state index contributed by atoms with van der Waals surface area (Å²) in [5.74, 6) is 2.10. The maximum atomic E-state index is 12.8. The molecule has 27 heavy (non-hydrogen) atoms. The van der Waals surface area contributed by atoms with E-state index in [4.69, 9.17) is 18.6 Å². The quantitative estimate of drug-likeness (QED) is 0.802. The van der Waals surface area contributed by atoms with Gasteiger partial charge in [-0.1, -0.05) is 0 Å². The minimum atomic E-state index is -0.426. The van der Waals surface area contributed by atoms with Crippen LogP contribution in [-0.2, 0) is 0 Å². The number of rotatable bonds is 5. The van der Waals surface area contributed by atoms with E-state index >= 15 is 0 Å². The van der Waals surface area contributed by atoms with Gasteiger partial charge in [-0.25, -0.2) is 4.79 Å². The van der Waals surface area contributed by atoms with Gasteiger partial charge in [0.25, 0.3) is 5.91 Å². The molecule has 1 aliphatic heterocycles. The summed E-state index contributed by atoms with van der Waals surface area (Å²) in [6, 6.07) is 8.18. The van der Waals surface area contributed by atoms with Crippen molar-refractivity contribution >= 4 is 5.91 Å². The summed E-state index contributed by atoms with van der Waals surface area (Å²) in [7, 11) is 3.11. The van der Waals surface area contributed by atoms with Crippen LogP contribution >= 0.6 is 0 Å². The summed E-state index contributed by atoms with van der Waals surface area (Å²) < 4.78 is 21.3. The second-order valence-electron chi connectivity index (χ2n) is 6.43. The van der Waals surface area contributed by atoms with Crippen molar-refractivity contribution in [2.45, 2.75) is 25.9 Å². The van der Waals surface area contributed by atoms with Crippen LogP contribution in [0.4, 0.5) is 0 Å². The molecule has 0 unspecified atom stereocenters. The zero-order valence-corrected chi connectivity index (χ0v) is 15.7. The minimum absolute atomic E-state index is 0.0462. The van der Waals surface area contributed by atoms with Gasteiger partial charge in [-0.05, 0) is 19.1 Å². The monoisotopic (exact) mass is 373 g/mol. The average molecular weight is 373 g/mol. The third-order valence-corrected chi connectivity index (χ3v) is 4.50. The standard InChI is InChI=1S/C20H23NO6/c1-13-8-18(12-19(22)26-13)27-15-4-6-21(7-5-15)20(23)14-9-16(24-2)11-17(10-14)25-3/h8-12,15H,4-7H2,1-3H3. The minimum Gasteiger partial charge on any atom is -0.497 e. The summed E-state index contributed by atoms with van der Waals surface area (Å²) >= 11 is 0. The third-order valence-electron chi connectivity index (χ3n) is 4.50. The molecule has 7 nitrogen and oxygen atoms in total. The molecule has 144 valence electrons. The van der Waals surface area contributed by atoms with Crippen LogP contribution in [0.15, 0.2) is 39.5 Å². The molecule has 1 fully saturated rings. The van der Waals surface area contributed by atoms with Crippen molar-refractivity contribution in [3.05, 3.63) is 52.1 Å². The average Bonchev–Trinajstić information content (AvgIpc) is 2.66. The first-order valence-electron chi connectivity index (χ1n) is 8.79. The second-order valence-corrected chi connectivity index (χ2v) is 6.43. The van der Waals surface area contributed by atoms with Crippen molar-refractivity contribution in [3.63, 3.8) is 0 Å². The highest BCUT2D eigenvalue weighted by Gasteiger charge is 2.25. The molecular formula is C20H23NO6. The molecule has 0 N–H and O–H groups in total. The van der Waals surface area contributed by atoms with Gasteiger partial charge in [-0.2, -0.15) is 0 Å². The van der Waals surface area contributed by atoms with E-state index in [0.29, 0.717) is 54.5 Å². The third kappa shape index (κ3) is 4.61. The van der Waals surface area contributed by atoms with E-state index in [1.54, 1.807) is 50.3 Å². The predicted octanol–water partition coefficient (Wildman–Crippen LogP) is 2.65. The van der Waals surface area contributed by atoms with Crippen molar-refractivity contribution in [2.24, 2.45) is 0 Å². The van der Waals surface area contributed by atoms with E-state index in [1.807, 2.05) is 0 Å². The topological polar surface area (TPSA) is 78.2 Å². The molecule has 0 aliphatic carbocycles. The first-order chi connectivity index (χ1) is 13.0. The second kappa shape index (κ2) is 8.16. The Kier molecular flexibility index (Phi) is 5.69. The molecule has 0 bridgehead atoms. The Morgan fingerprint density at radius 2 is 1.63 bits per heavy atom. The summed E-state index contributed by atoms with van der Waals surface area (Å²) in [5.41, 5.74) is 0.103. The lowest BCUT2D eigenvalue weighted by molar-refractivity contribution is 0.0593. The van der Waals surface area contributed by atoms with Crippen molar-refractivity contribution in [1.82, 2.24) is 4.90 Å². The summed E-state index contributed by atoms with van der Waals surface area (Å²) in [6.45, 7) is 2.85. The van der Waals surface area contributed by atoms with Crippen LogP contribution in [0.2, 0.25) is 0 Å². The lowest BCUT2D eigenvalue weighted by Gasteiger charge is -2.32. The van der Waals surface area contributed by atoms with Crippen molar-refractivity contribution < 1.29 is 23.4 Å². The van der Waals surface area contributed by atoms with Crippen LogP contribution in [-0.4, -0.2) is 44.2 Å². The maximum Gasteiger partial charge on any atom is 0.339 e. The zero-order chi connectivity index (χ0) is 19.4. The molecule has 0 spiro atoms. The Hall–Kier alpha value is -2.96. The molecule has 1 amide bonds. The van der Waals surface area contributed by atoms with Gasteiger partial charge in [0.05, 0.1) is 20.3 Å². The largest absolute Gasteiger partial charge is 0.497 e. The zero-order valence-electron chi connectivity index (χ0n) is 15.7. The van der Waals surface area contributed by atoms with Crippen molar-refractivity contribution in [1.29, 1.82) is 0 Å².